The SMILES string of the molecule is CCCCCCCOC(=O)C[C@H](NC(=O)C1(C(C)C)CC(c2nccc3ccccc23)=NO1)C(=O)CF. The molecule has 1 aliphatic rings. The number of esters is 1. The molecule has 0 radical (unpaired) electrons. The number of ether oxygens (including phenoxy) is 1. The van der Waals surface area contributed by atoms with Crippen LogP contribution >= 0.6 is 0 Å². The van der Waals surface area contributed by atoms with Gasteiger partial charge in [0.25, 0.3) is 5.91 Å². The fourth-order valence-corrected chi connectivity index (χ4v) is 4.36. The van der Waals surface area contributed by atoms with Crippen molar-refractivity contribution in [1.82, 2.24) is 10.3 Å². The Hall–Kier alpha value is -3.36. The monoisotopic (exact) mass is 513 g/mol. The Kier molecular flexibility index (Phi) is 10.1. The van der Waals surface area contributed by atoms with Crippen LogP contribution < -0.4 is 5.32 Å². The van der Waals surface area contributed by atoms with Gasteiger partial charge in [0, 0.05) is 23.9 Å². The van der Waals surface area contributed by atoms with E-state index in [-0.39, 0.29) is 18.9 Å². The third kappa shape index (κ3) is 6.90. The number of hydrogen-bond donors (Lipinski definition) is 1. The van der Waals surface area contributed by atoms with E-state index in [0.717, 1.165) is 36.5 Å². The minimum absolute atomic E-state index is 0.107. The standard InChI is InChI=1S/C28H36FN3O5/c1-4-5-6-7-10-15-36-25(34)16-22(24(33)18-29)31-27(35)28(19(2)3)17-23(32-37-28)26-21-12-9-8-11-20(21)13-14-30-26/h8-9,11-14,19,22H,4-7,10,15-18H2,1-3H3,(H,31,35)/t22-,28?/m0/s1. The Balaban J connectivity index is 1.68. The summed E-state index contributed by atoms with van der Waals surface area (Å²) >= 11 is 0. The van der Waals surface area contributed by atoms with Crippen molar-refractivity contribution >= 4 is 34.1 Å². The Labute approximate surface area is 217 Å². The largest absolute Gasteiger partial charge is 0.466 e. The number of alkyl halides is 1. The minimum atomic E-state index is -1.44. The van der Waals surface area contributed by atoms with Crippen molar-refractivity contribution < 1.29 is 28.3 Å². The summed E-state index contributed by atoms with van der Waals surface area (Å²) in [5.41, 5.74) is -0.338. The Morgan fingerprint density at radius 3 is 2.62 bits per heavy atom. The molecule has 37 heavy (non-hydrogen) atoms. The van der Waals surface area contributed by atoms with Gasteiger partial charge in [-0.3, -0.25) is 19.4 Å². The highest BCUT2D eigenvalue weighted by Crippen LogP contribution is 2.35. The summed E-state index contributed by atoms with van der Waals surface area (Å²) in [5.74, 6) is -2.55. The number of benzene rings is 1. The molecule has 8 nitrogen and oxygen atoms in total. The Bertz CT molecular complexity index is 1130. The zero-order valence-corrected chi connectivity index (χ0v) is 21.8. The number of Topliss-reactive ketones (excluding diaryl/α,β-unsaturated/α-hetero) is 1. The molecule has 9 heteroatoms. The smallest absolute Gasteiger partial charge is 0.308 e. The number of halogens is 1. The van der Waals surface area contributed by atoms with Crippen LogP contribution in [0.3, 0.4) is 0 Å². The molecular formula is C28H36FN3O5. The lowest BCUT2D eigenvalue weighted by Crippen LogP contribution is -2.55. The van der Waals surface area contributed by atoms with Crippen molar-refractivity contribution in [1.29, 1.82) is 0 Å². The topological polar surface area (TPSA) is 107 Å². The summed E-state index contributed by atoms with van der Waals surface area (Å²) in [5, 5.41) is 8.58. The van der Waals surface area contributed by atoms with Crippen LogP contribution in [0, 0.1) is 5.92 Å². The predicted molar refractivity (Wildman–Crippen MR) is 139 cm³/mol. The normalized spacial score (nSPS) is 17.8. The zero-order chi connectivity index (χ0) is 26.8. The van der Waals surface area contributed by atoms with E-state index >= 15 is 0 Å². The van der Waals surface area contributed by atoms with Crippen molar-refractivity contribution in [2.45, 2.75) is 77.4 Å². The summed E-state index contributed by atoms with van der Waals surface area (Å²) in [6.07, 6.45) is 6.27. The molecule has 2 aromatic rings. The Morgan fingerprint density at radius 1 is 1.14 bits per heavy atom. The number of fused-ring (bicyclic) bond motifs is 1. The molecule has 2 heterocycles. The quantitative estimate of drug-likeness (QED) is 0.290. The summed E-state index contributed by atoms with van der Waals surface area (Å²) in [7, 11) is 0. The molecule has 0 fully saturated rings. The van der Waals surface area contributed by atoms with E-state index in [1.165, 1.54) is 0 Å². The van der Waals surface area contributed by atoms with Crippen LogP contribution in [-0.2, 0) is 24.0 Å². The maximum Gasteiger partial charge on any atom is 0.308 e. The highest BCUT2D eigenvalue weighted by Gasteiger charge is 2.51. The number of aromatic nitrogens is 1. The molecule has 0 aliphatic carbocycles. The number of hydrogen-bond acceptors (Lipinski definition) is 7. The van der Waals surface area contributed by atoms with Crippen LogP contribution in [0.2, 0.25) is 0 Å². The maximum absolute atomic E-state index is 13.5. The van der Waals surface area contributed by atoms with Crippen LogP contribution in [0.5, 0.6) is 0 Å². The molecule has 200 valence electrons. The first-order chi connectivity index (χ1) is 17.8. The van der Waals surface area contributed by atoms with Crippen LogP contribution in [0.4, 0.5) is 4.39 Å². The van der Waals surface area contributed by atoms with E-state index in [4.69, 9.17) is 9.57 Å². The lowest BCUT2D eigenvalue weighted by atomic mass is 9.83. The average molecular weight is 514 g/mol. The van der Waals surface area contributed by atoms with Gasteiger partial charge in [0.2, 0.25) is 5.60 Å². The van der Waals surface area contributed by atoms with Crippen LogP contribution in [0.1, 0.15) is 71.4 Å². The summed E-state index contributed by atoms with van der Waals surface area (Å²) < 4.78 is 18.5. The molecule has 1 amide bonds. The number of unbranched alkanes of at least 4 members (excludes halogenated alkanes) is 4. The fraction of sp³-hybridized carbons (Fsp3) is 0.536. The minimum Gasteiger partial charge on any atom is -0.466 e. The van der Waals surface area contributed by atoms with Gasteiger partial charge >= 0.3 is 5.97 Å². The van der Waals surface area contributed by atoms with E-state index in [1.807, 2.05) is 30.3 Å². The van der Waals surface area contributed by atoms with Gasteiger partial charge in [-0.25, -0.2) is 4.39 Å². The third-order valence-corrected chi connectivity index (χ3v) is 6.72. The maximum atomic E-state index is 13.5. The molecule has 0 spiro atoms. The number of carbonyl (C=O) groups excluding carboxylic acids is 3. The van der Waals surface area contributed by atoms with Crippen LogP contribution in [-0.4, -0.2) is 53.3 Å². The number of ketones is 1. The van der Waals surface area contributed by atoms with E-state index in [2.05, 4.69) is 22.4 Å². The summed E-state index contributed by atoms with van der Waals surface area (Å²) in [6, 6.07) is 8.21. The number of nitrogens with one attached hydrogen (secondary N) is 1. The van der Waals surface area contributed by atoms with Gasteiger partial charge in [-0.1, -0.05) is 75.9 Å². The molecule has 1 aliphatic heterocycles. The van der Waals surface area contributed by atoms with E-state index in [0.29, 0.717) is 17.8 Å². The molecule has 2 atom stereocenters. The van der Waals surface area contributed by atoms with E-state index in [1.54, 1.807) is 20.0 Å². The molecule has 1 N–H and O–H groups in total. The van der Waals surface area contributed by atoms with Crippen LogP contribution in [0.25, 0.3) is 10.8 Å². The number of amides is 1. The zero-order valence-electron chi connectivity index (χ0n) is 21.8. The van der Waals surface area contributed by atoms with Gasteiger partial charge in [0.15, 0.2) is 5.78 Å². The number of rotatable bonds is 14. The molecular weight excluding hydrogens is 477 g/mol. The molecule has 3 rings (SSSR count). The predicted octanol–water partition coefficient (Wildman–Crippen LogP) is 4.68. The third-order valence-electron chi connectivity index (χ3n) is 6.72. The van der Waals surface area contributed by atoms with E-state index < -0.39 is 42.4 Å². The number of nitrogens with zero attached hydrogens (tertiary/aromatic N) is 2. The fourth-order valence-electron chi connectivity index (χ4n) is 4.36. The van der Waals surface area contributed by atoms with Gasteiger partial charge in [-0.15, -0.1) is 0 Å². The number of oxime groups is 1. The summed E-state index contributed by atoms with van der Waals surface area (Å²) in [4.78, 5) is 48.3. The first-order valence-corrected chi connectivity index (χ1v) is 13.0. The van der Waals surface area contributed by atoms with Gasteiger partial charge in [0.1, 0.15) is 18.4 Å². The molecule has 1 aromatic carbocycles. The molecule has 0 bridgehead atoms. The lowest BCUT2D eigenvalue weighted by Gasteiger charge is -2.30. The second-order valence-corrected chi connectivity index (χ2v) is 9.70. The first-order valence-electron chi connectivity index (χ1n) is 13.0. The number of pyridine rings is 1. The van der Waals surface area contributed by atoms with Gasteiger partial charge in [-0.05, 0) is 17.9 Å². The summed E-state index contributed by atoms with van der Waals surface area (Å²) in [6.45, 7) is 4.62. The highest BCUT2D eigenvalue weighted by molar-refractivity contribution is 6.12. The molecule has 1 unspecified atom stereocenters. The molecule has 1 aromatic heterocycles. The number of carbonyl (C=O) groups is 3. The molecule has 0 saturated carbocycles. The second-order valence-electron chi connectivity index (χ2n) is 9.70. The van der Waals surface area contributed by atoms with Gasteiger partial charge < -0.3 is 14.9 Å². The van der Waals surface area contributed by atoms with Crippen molar-refractivity contribution in [2.24, 2.45) is 11.1 Å². The second kappa shape index (κ2) is 13.3. The van der Waals surface area contributed by atoms with Crippen molar-refractivity contribution in [3.63, 3.8) is 0 Å². The van der Waals surface area contributed by atoms with E-state index in [9.17, 15) is 18.8 Å². The lowest BCUT2D eigenvalue weighted by molar-refractivity contribution is -0.153. The first kappa shape index (κ1) is 28.2. The van der Waals surface area contributed by atoms with Crippen molar-refractivity contribution in [3.05, 3.63) is 42.2 Å². The molecule has 0 saturated heterocycles. The highest BCUT2D eigenvalue weighted by atomic mass is 19.1. The average Bonchev–Trinajstić information content (AvgIpc) is 3.36. The Morgan fingerprint density at radius 2 is 1.89 bits per heavy atom. The van der Waals surface area contributed by atoms with Crippen molar-refractivity contribution in [3.8, 4) is 0 Å². The van der Waals surface area contributed by atoms with Gasteiger partial charge in [0.05, 0.1) is 18.7 Å². The van der Waals surface area contributed by atoms with Crippen molar-refractivity contribution in [2.75, 3.05) is 13.3 Å². The van der Waals surface area contributed by atoms with Crippen LogP contribution in [0.15, 0.2) is 41.7 Å². The van der Waals surface area contributed by atoms with Gasteiger partial charge in [-0.2, -0.15) is 0 Å².